The number of ether oxygens (including phenoxy) is 2. The van der Waals surface area contributed by atoms with E-state index in [1.54, 1.807) is 7.11 Å². The zero-order chi connectivity index (χ0) is 14.7. The summed E-state index contributed by atoms with van der Waals surface area (Å²) >= 11 is 0. The Bertz CT molecular complexity index is 720. The molecule has 1 aromatic heterocycles. The van der Waals surface area contributed by atoms with Gasteiger partial charge in [-0.3, -0.25) is 0 Å². The second-order valence-electron chi connectivity index (χ2n) is 4.49. The van der Waals surface area contributed by atoms with Crippen molar-refractivity contribution in [2.45, 2.75) is 6.92 Å². The average Bonchev–Trinajstić information content (AvgIpc) is 2.98. The van der Waals surface area contributed by atoms with E-state index >= 15 is 0 Å². The van der Waals surface area contributed by atoms with E-state index in [2.05, 4.69) is 15.5 Å². The number of hydrogen-bond donors (Lipinski definition) is 0. The number of benzene rings is 2. The van der Waals surface area contributed by atoms with E-state index in [0.717, 1.165) is 17.0 Å². The molecular formula is C15H14N4O2. The van der Waals surface area contributed by atoms with Crippen molar-refractivity contribution in [3.63, 3.8) is 0 Å². The third kappa shape index (κ3) is 2.84. The fourth-order valence-electron chi connectivity index (χ4n) is 1.84. The molecular weight excluding hydrogens is 268 g/mol. The Labute approximate surface area is 121 Å². The molecule has 0 atom stereocenters. The van der Waals surface area contributed by atoms with Crippen LogP contribution in [0.25, 0.3) is 5.69 Å². The van der Waals surface area contributed by atoms with Crippen LogP contribution < -0.4 is 9.47 Å². The maximum atomic E-state index is 5.71. The molecule has 0 saturated carbocycles. The fourth-order valence-corrected chi connectivity index (χ4v) is 1.84. The second-order valence-corrected chi connectivity index (χ2v) is 4.49. The van der Waals surface area contributed by atoms with Crippen LogP contribution in [-0.4, -0.2) is 27.3 Å². The smallest absolute Gasteiger partial charge is 0.345 e. The second kappa shape index (κ2) is 5.62. The molecule has 2 aromatic carbocycles. The molecule has 0 bridgehead atoms. The maximum absolute atomic E-state index is 5.71. The van der Waals surface area contributed by atoms with Gasteiger partial charge < -0.3 is 9.47 Å². The van der Waals surface area contributed by atoms with Gasteiger partial charge in [-0.2, -0.15) is 4.68 Å². The highest BCUT2D eigenvalue weighted by Crippen LogP contribution is 2.22. The van der Waals surface area contributed by atoms with E-state index in [0.29, 0.717) is 11.8 Å². The molecule has 3 aromatic rings. The average molecular weight is 282 g/mol. The number of rotatable bonds is 4. The summed E-state index contributed by atoms with van der Waals surface area (Å²) in [6.45, 7) is 2.02. The minimum Gasteiger partial charge on any atom is -0.497 e. The van der Waals surface area contributed by atoms with Gasteiger partial charge in [0.15, 0.2) is 0 Å². The van der Waals surface area contributed by atoms with Gasteiger partial charge in [-0.05, 0) is 53.7 Å². The van der Waals surface area contributed by atoms with Crippen LogP contribution in [-0.2, 0) is 0 Å². The highest BCUT2D eigenvalue weighted by Gasteiger charge is 2.10. The lowest BCUT2D eigenvalue weighted by Gasteiger charge is -2.07. The number of hydrogen-bond acceptors (Lipinski definition) is 5. The van der Waals surface area contributed by atoms with Crippen molar-refractivity contribution in [1.82, 2.24) is 20.2 Å². The van der Waals surface area contributed by atoms with Gasteiger partial charge in [-0.1, -0.05) is 22.8 Å². The summed E-state index contributed by atoms with van der Waals surface area (Å²) in [6, 6.07) is 15.4. The van der Waals surface area contributed by atoms with Gasteiger partial charge in [-0.15, -0.1) is 0 Å². The van der Waals surface area contributed by atoms with Crippen molar-refractivity contribution in [3.8, 4) is 23.2 Å². The summed E-state index contributed by atoms with van der Waals surface area (Å²) < 4.78 is 12.4. The lowest BCUT2D eigenvalue weighted by Crippen LogP contribution is -2.00. The zero-order valence-corrected chi connectivity index (χ0v) is 11.7. The third-order valence-corrected chi connectivity index (χ3v) is 2.99. The summed E-state index contributed by atoms with van der Waals surface area (Å²) in [5.74, 6) is 1.46. The fraction of sp³-hybridized carbons (Fsp3) is 0.133. The van der Waals surface area contributed by atoms with Crippen LogP contribution in [0.5, 0.6) is 17.5 Å². The molecule has 106 valence electrons. The maximum Gasteiger partial charge on any atom is 0.345 e. The Balaban J connectivity index is 1.87. The van der Waals surface area contributed by atoms with E-state index in [9.17, 15) is 0 Å². The third-order valence-electron chi connectivity index (χ3n) is 2.99. The standard InChI is InChI=1S/C15H14N4O2/c1-11-3-7-14(8-4-11)21-15-16-17-18-19(15)12-5-9-13(20-2)10-6-12/h3-10H,1-2H3. The van der Waals surface area contributed by atoms with Crippen molar-refractivity contribution in [2.24, 2.45) is 0 Å². The molecule has 1 heterocycles. The lowest BCUT2D eigenvalue weighted by atomic mass is 10.2. The lowest BCUT2D eigenvalue weighted by molar-refractivity contribution is 0.414. The molecule has 0 amide bonds. The summed E-state index contributed by atoms with van der Waals surface area (Å²) in [7, 11) is 1.62. The van der Waals surface area contributed by atoms with Gasteiger partial charge in [0, 0.05) is 0 Å². The number of tetrazole rings is 1. The Hall–Kier alpha value is -2.89. The van der Waals surface area contributed by atoms with E-state index in [1.165, 1.54) is 4.68 Å². The van der Waals surface area contributed by atoms with Gasteiger partial charge in [0.05, 0.1) is 12.8 Å². The van der Waals surface area contributed by atoms with Crippen LogP contribution in [0.3, 0.4) is 0 Å². The summed E-state index contributed by atoms with van der Waals surface area (Å²) in [6.07, 6.45) is 0. The van der Waals surface area contributed by atoms with E-state index in [1.807, 2.05) is 55.5 Å². The molecule has 0 saturated heterocycles. The molecule has 0 N–H and O–H groups in total. The molecule has 0 unspecified atom stereocenters. The van der Waals surface area contributed by atoms with Crippen molar-refractivity contribution < 1.29 is 9.47 Å². The summed E-state index contributed by atoms with van der Waals surface area (Å²) in [5, 5.41) is 11.5. The first kappa shape index (κ1) is 13.1. The molecule has 0 aliphatic heterocycles. The molecule has 21 heavy (non-hydrogen) atoms. The largest absolute Gasteiger partial charge is 0.497 e. The van der Waals surface area contributed by atoms with Crippen LogP contribution in [0.1, 0.15) is 5.56 Å². The first-order chi connectivity index (χ1) is 10.3. The Morgan fingerprint density at radius 2 is 1.57 bits per heavy atom. The monoisotopic (exact) mass is 282 g/mol. The Morgan fingerprint density at radius 3 is 2.24 bits per heavy atom. The van der Waals surface area contributed by atoms with Gasteiger partial charge >= 0.3 is 6.01 Å². The first-order valence-corrected chi connectivity index (χ1v) is 6.43. The quantitative estimate of drug-likeness (QED) is 0.736. The first-order valence-electron chi connectivity index (χ1n) is 6.43. The van der Waals surface area contributed by atoms with Crippen molar-refractivity contribution in [1.29, 1.82) is 0 Å². The van der Waals surface area contributed by atoms with Gasteiger partial charge in [-0.25, -0.2) is 0 Å². The van der Waals surface area contributed by atoms with Crippen molar-refractivity contribution in [3.05, 3.63) is 54.1 Å². The minimum absolute atomic E-state index is 0.309. The van der Waals surface area contributed by atoms with Crippen LogP contribution >= 0.6 is 0 Å². The Morgan fingerprint density at radius 1 is 0.905 bits per heavy atom. The summed E-state index contributed by atoms with van der Waals surface area (Å²) in [4.78, 5) is 0. The summed E-state index contributed by atoms with van der Waals surface area (Å²) in [5.41, 5.74) is 1.96. The Kier molecular flexibility index (Phi) is 3.51. The van der Waals surface area contributed by atoms with Gasteiger partial charge in [0.25, 0.3) is 0 Å². The molecule has 6 heteroatoms. The van der Waals surface area contributed by atoms with Crippen molar-refractivity contribution >= 4 is 0 Å². The van der Waals surface area contributed by atoms with Crippen LogP contribution in [0.2, 0.25) is 0 Å². The molecule has 0 aliphatic carbocycles. The minimum atomic E-state index is 0.309. The number of aromatic nitrogens is 4. The highest BCUT2D eigenvalue weighted by atomic mass is 16.5. The van der Waals surface area contributed by atoms with Gasteiger partial charge in [0.2, 0.25) is 0 Å². The SMILES string of the molecule is COc1ccc(-n2nnnc2Oc2ccc(C)cc2)cc1. The van der Waals surface area contributed by atoms with E-state index in [4.69, 9.17) is 9.47 Å². The molecule has 0 aliphatic rings. The van der Waals surface area contributed by atoms with Gasteiger partial charge in [0.1, 0.15) is 11.5 Å². The molecule has 6 nitrogen and oxygen atoms in total. The van der Waals surface area contributed by atoms with E-state index < -0.39 is 0 Å². The normalized spacial score (nSPS) is 10.4. The van der Waals surface area contributed by atoms with Crippen molar-refractivity contribution in [2.75, 3.05) is 7.11 Å². The predicted molar refractivity (Wildman–Crippen MR) is 77.0 cm³/mol. The predicted octanol–water partition coefficient (Wildman–Crippen LogP) is 2.77. The number of aryl methyl sites for hydroxylation is 1. The molecule has 0 fully saturated rings. The molecule has 0 spiro atoms. The van der Waals surface area contributed by atoms with E-state index in [-0.39, 0.29) is 0 Å². The molecule has 0 radical (unpaired) electrons. The topological polar surface area (TPSA) is 62.1 Å². The van der Waals surface area contributed by atoms with Crippen LogP contribution in [0.15, 0.2) is 48.5 Å². The number of nitrogens with zero attached hydrogens (tertiary/aromatic N) is 4. The molecule has 3 rings (SSSR count). The van der Waals surface area contributed by atoms with Crippen LogP contribution in [0, 0.1) is 6.92 Å². The zero-order valence-electron chi connectivity index (χ0n) is 11.7. The highest BCUT2D eigenvalue weighted by molar-refractivity contribution is 5.38. The van der Waals surface area contributed by atoms with Crippen LogP contribution in [0.4, 0.5) is 0 Å². The number of methoxy groups -OCH3 is 1.